The lowest BCUT2D eigenvalue weighted by Crippen LogP contribution is -2.25. The van der Waals surface area contributed by atoms with Crippen molar-refractivity contribution in [1.29, 1.82) is 0 Å². The van der Waals surface area contributed by atoms with Crippen molar-refractivity contribution in [3.63, 3.8) is 0 Å². The Morgan fingerprint density at radius 3 is 1.59 bits per heavy atom. The third kappa shape index (κ3) is 2.09. The number of alkyl halides is 3. The molecule has 92 valence electrons. The van der Waals surface area contributed by atoms with Crippen LogP contribution in [0.4, 0.5) is 13.2 Å². The van der Waals surface area contributed by atoms with Crippen LogP contribution in [0.3, 0.4) is 0 Å². The fourth-order valence-corrected chi connectivity index (χ4v) is 2.04. The smallest absolute Gasteiger partial charge is 0.354 e. The van der Waals surface area contributed by atoms with Gasteiger partial charge in [0.05, 0.1) is 0 Å². The highest BCUT2D eigenvalue weighted by molar-refractivity contribution is 5.27. The van der Waals surface area contributed by atoms with E-state index < -0.39 is 12.1 Å². The number of nitrogens with zero attached hydrogens (tertiary/aromatic N) is 2. The van der Waals surface area contributed by atoms with Crippen LogP contribution < -0.4 is 0 Å². The lowest BCUT2D eigenvalue weighted by molar-refractivity contribution is -0.143. The van der Waals surface area contributed by atoms with Gasteiger partial charge in [-0.25, -0.2) is 0 Å². The molecular formula is C12H13F3N2. The predicted molar refractivity (Wildman–Crippen MR) is 58.7 cm³/mol. The first-order valence-corrected chi connectivity index (χ1v) is 5.20. The van der Waals surface area contributed by atoms with Gasteiger partial charge in [0.25, 0.3) is 0 Å². The maximum absolute atomic E-state index is 13.2. The molecule has 2 aromatic heterocycles. The molecule has 0 aliphatic carbocycles. The fourth-order valence-electron chi connectivity index (χ4n) is 2.04. The van der Waals surface area contributed by atoms with Gasteiger partial charge in [-0.1, -0.05) is 0 Å². The summed E-state index contributed by atoms with van der Waals surface area (Å²) in [6.45, 7) is 0. The molecule has 5 heteroatoms. The van der Waals surface area contributed by atoms with Gasteiger partial charge in [0, 0.05) is 37.9 Å². The van der Waals surface area contributed by atoms with E-state index >= 15 is 0 Å². The van der Waals surface area contributed by atoms with E-state index in [1.807, 2.05) is 0 Å². The van der Waals surface area contributed by atoms with Gasteiger partial charge >= 0.3 is 6.18 Å². The number of hydrogen-bond donors (Lipinski definition) is 0. The maximum Gasteiger partial charge on any atom is 0.402 e. The molecule has 0 amide bonds. The summed E-state index contributed by atoms with van der Waals surface area (Å²) in [6.07, 6.45) is -1.05. The van der Waals surface area contributed by atoms with E-state index in [0.717, 1.165) is 0 Å². The highest BCUT2D eigenvalue weighted by atomic mass is 19.4. The van der Waals surface area contributed by atoms with Crippen molar-refractivity contribution in [2.45, 2.75) is 12.1 Å². The van der Waals surface area contributed by atoms with Gasteiger partial charge in [-0.2, -0.15) is 13.2 Å². The Balaban J connectivity index is 2.55. The molecule has 2 nitrogen and oxygen atoms in total. The second-order valence-electron chi connectivity index (χ2n) is 4.06. The molecule has 0 unspecified atom stereocenters. The van der Waals surface area contributed by atoms with Crippen LogP contribution in [0, 0.1) is 0 Å². The van der Waals surface area contributed by atoms with Crippen LogP contribution in [0.2, 0.25) is 0 Å². The SMILES string of the molecule is Cn1cccc1C(c1cccn1C)C(F)(F)F. The molecule has 2 aromatic rings. The standard InChI is InChI=1S/C12H13F3N2/c1-16-7-3-5-9(16)11(12(13,14)15)10-6-4-8-17(10)2/h3-8,11H,1-2H3. The van der Waals surface area contributed by atoms with Crippen LogP contribution in [0.15, 0.2) is 36.7 Å². The molecule has 0 saturated heterocycles. The van der Waals surface area contributed by atoms with E-state index in [0.29, 0.717) is 0 Å². The molecule has 2 rings (SSSR count). The summed E-state index contributed by atoms with van der Waals surface area (Å²) in [5, 5.41) is 0. The Morgan fingerprint density at radius 1 is 0.941 bits per heavy atom. The average Bonchev–Trinajstić information content (AvgIpc) is 2.77. The minimum Gasteiger partial charge on any atom is -0.354 e. The van der Waals surface area contributed by atoms with E-state index in [9.17, 15) is 13.2 Å². The van der Waals surface area contributed by atoms with Gasteiger partial charge in [0.1, 0.15) is 5.92 Å². The second kappa shape index (κ2) is 3.98. The minimum atomic E-state index is -4.29. The molecule has 17 heavy (non-hydrogen) atoms. The second-order valence-corrected chi connectivity index (χ2v) is 4.06. The van der Waals surface area contributed by atoms with Crippen LogP contribution in [0.5, 0.6) is 0 Å². The zero-order chi connectivity index (χ0) is 12.6. The maximum atomic E-state index is 13.2. The summed E-state index contributed by atoms with van der Waals surface area (Å²) >= 11 is 0. The lowest BCUT2D eigenvalue weighted by atomic mass is 10.0. The Bertz CT molecular complexity index is 468. The zero-order valence-corrected chi connectivity index (χ0v) is 9.57. The van der Waals surface area contributed by atoms with Crippen molar-refractivity contribution >= 4 is 0 Å². The Labute approximate surface area is 97.3 Å². The van der Waals surface area contributed by atoms with Crippen LogP contribution >= 0.6 is 0 Å². The number of rotatable bonds is 2. The van der Waals surface area contributed by atoms with Gasteiger partial charge < -0.3 is 9.13 Å². The molecule has 0 aromatic carbocycles. The number of aromatic nitrogens is 2. The van der Waals surface area contributed by atoms with Crippen LogP contribution in [0.1, 0.15) is 17.3 Å². The van der Waals surface area contributed by atoms with E-state index in [4.69, 9.17) is 0 Å². The Kier molecular flexibility index (Phi) is 2.77. The van der Waals surface area contributed by atoms with Gasteiger partial charge in [-0.15, -0.1) is 0 Å². The minimum absolute atomic E-state index is 0.249. The predicted octanol–water partition coefficient (Wildman–Crippen LogP) is 3.06. The first kappa shape index (κ1) is 11.8. The Hall–Kier alpha value is -1.65. The first-order chi connectivity index (χ1) is 7.91. The molecule has 0 saturated carbocycles. The molecule has 0 atom stereocenters. The molecule has 0 radical (unpaired) electrons. The topological polar surface area (TPSA) is 9.86 Å². The zero-order valence-electron chi connectivity index (χ0n) is 9.57. The third-order valence-electron chi connectivity index (χ3n) is 2.89. The molecule has 0 spiro atoms. The highest BCUT2D eigenvalue weighted by Crippen LogP contribution is 2.39. The third-order valence-corrected chi connectivity index (χ3v) is 2.89. The van der Waals surface area contributed by atoms with E-state index in [1.54, 1.807) is 38.6 Å². The normalized spacial score (nSPS) is 12.4. The monoisotopic (exact) mass is 242 g/mol. The molecule has 0 fully saturated rings. The van der Waals surface area contributed by atoms with Gasteiger partial charge in [-0.3, -0.25) is 0 Å². The van der Waals surface area contributed by atoms with E-state index in [-0.39, 0.29) is 11.4 Å². The van der Waals surface area contributed by atoms with Crippen molar-refractivity contribution in [1.82, 2.24) is 9.13 Å². The summed E-state index contributed by atoms with van der Waals surface area (Å²) < 4.78 is 42.5. The van der Waals surface area contributed by atoms with Crippen LogP contribution in [0.25, 0.3) is 0 Å². The number of hydrogen-bond acceptors (Lipinski definition) is 0. The summed E-state index contributed by atoms with van der Waals surface area (Å²) in [7, 11) is 3.24. The van der Waals surface area contributed by atoms with Gasteiger partial charge in [0.15, 0.2) is 0 Å². The quantitative estimate of drug-likeness (QED) is 0.766. The average molecular weight is 242 g/mol. The van der Waals surface area contributed by atoms with Crippen LogP contribution in [-0.4, -0.2) is 15.3 Å². The molecule has 0 aliphatic rings. The van der Waals surface area contributed by atoms with Gasteiger partial charge in [-0.05, 0) is 24.3 Å². The largest absolute Gasteiger partial charge is 0.402 e. The van der Waals surface area contributed by atoms with Gasteiger partial charge in [0.2, 0.25) is 0 Å². The lowest BCUT2D eigenvalue weighted by Gasteiger charge is -2.22. The molecule has 0 aliphatic heterocycles. The Morgan fingerprint density at radius 2 is 1.35 bits per heavy atom. The first-order valence-electron chi connectivity index (χ1n) is 5.20. The summed E-state index contributed by atoms with van der Waals surface area (Å²) in [5.41, 5.74) is 0.499. The highest BCUT2D eigenvalue weighted by Gasteiger charge is 2.44. The number of halogens is 3. The molecule has 0 N–H and O–H groups in total. The molecule has 2 heterocycles. The van der Waals surface area contributed by atoms with Crippen molar-refractivity contribution in [3.8, 4) is 0 Å². The van der Waals surface area contributed by atoms with Crippen molar-refractivity contribution < 1.29 is 13.2 Å². The molecule has 0 bridgehead atoms. The van der Waals surface area contributed by atoms with Crippen LogP contribution in [-0.2, 0) is 14.1 Å². The summed E-state index contributed by atoms with van der Waals surface area (Å²) in [6, 6.07) is 6.25. The van der Waals surface area contributed by atoms with Crippen molar-refractivity contribution in [3.05, 3.63) is 48.0 Å². The van der Waals surface area contributed by atoms with E-state index in [2.05, 4.69) is 0 Å². The van der Waals surface area contributed by atoms with Crippen molar-refractivity contribution in [2.24, 2.45) is 14.1 Å². The summed E-state index contributed by atoms with van der Waals surface area (Å²) in [4.78, 5) is 0. The van der Waals surface area contributed by atoms with Crippen molar-refractivity contribution in [2.75, 3.05) is 0 Å². The fraction of sp³-hybridized carbons (Fsp3) is 0.333. The van der Waals surface area contributed by atoms with E-state index in [1.165, 1.54) is 21.3 Å². The number of aryl methyl sites for hydroxylation is 2. The molecular weight excluding hydrogens is 229 g/mol. The summed E-state index contributed by atoms with van der Waals surface area (Å²) in [5.74, 6) is -1.58.